The van der Waals surface area contributed by atoms with Crippen molar-refractivity contribution in [2.75, 3.05) is 13.1 Å². The third-order valence-electron chi connectivity index (χ3n) is 3.70. The van der Waals surface area contributed by atoms with Crippen LogP contribution in [0.2, 0.25) is 5.02 Å². The molecule has 0 aliphatic carbocycles. The van der Waals surface area contributed by atoms with Gasteiger partial charge in [0.2, 0.25) is 11.7 Å². The van der Waals surface area contributed by atoms with E-state index in [-0.39, 0.29) is 34.2 Å². The maximum absolute atomic E-state index is 12.1. The third-order valence-corrected chi connectivity index (χ3v) is 3.93. The summed E-state index contributed by atoms with van der Waals surface area (Å²) in [6, 6.07) is 10.3. The minimum atomic E-state index is -0.582. The zero-order chi connectivity index (χ0) is 20.7. The second-order valence-electron chi connectivity index (χ2n) is 6.20. The molecule has 0 unspecified atom stereocenters. The Bertz CT molecular complexity index is 868. The molecule has 0 saturated heterocycles. The molecular weight excluding hydrogens is 386 g/mol. The van der Waals surface area contributed by atoms with Crippen molar-refractivity contribution in [2.45, 2.75) is 13.8 Å². The SMILES string of the molecule is CC(C)C(=O)NCCNC(=O)c1ccc(Oc2ccc(Cl)cc2[N+](=O)[O-])cc1. The number of carbonyl (C=O) groups is 2. The Hall–Kier alpha value is -3.13. The highest BCUT2D eigenvalue weighted by molar-refractivity contribution is 6.30. The molecule has 0 bridgehead atoms. The molecule has 2 aromatic rings. The molecule has 0 saturated carbocycles. The van der Waals surface area contributed by atoms with Crippen molar-refractivity contribution in [3.8, 4) is 11.5 Å². The topological polar surface area (TPSA) is 111 Å². The van der Waals surface area contributed by atoms with Crippen molar-refractivity contribution in [1.29, 1.82) is 0 Å². The number of benzene rings is 2. The molecule has 0 atom stereocenters. The number of ether oxygens (including phenoxy) is 1. The molecule has 28 heavy (non-hydrogen) atoms. The number of nitro groups is 1. The highest BCUT2D eigenvalue weighted by Crippen LogP contribution is 2.33. The second kappa shape index (κ2) is 9.70. The molecule has 2 amide bonds. The molecule has 0 radical (unpaired) electrons. The number of amides is 2. The van der Waals surface area contributed by atoms with Crippen LogP contribution >= 0.6 is 11.6 Å². The van der Waals surface area contributed by atoms with Crippen LogP contribution < -0.4 is 15.4 Å². The molecule has 2 aromatic carbocycles. The molecule has 2 N–H and O–H groups in total. The average Bonchev–Trinajstić information content (AvgIpc) is 2.66. The van der Waals surface area contributed by atoms with Gasteiger partial charge in [-0.15, -0.1) is 0 Å². The Morgan fingerprint density at radius 1 is 1.11 bits per heavy atom. The summed E-state index contributed by atoms with van der Waals surface area (Å²) in [6.07, 6.45) is 0. The van der Waals surface area contributed by atoms with E-state index in [1.165, 1.54) is 30.3 Å². The molecule has 8 nitrogen and oxygen atoms in total. The van der Waals surface area contributed by atoms with Crippen molar-refractivity contribution in [3.05, 3.63) is 63.2 Å². The summed E-state index contributed by atoms with van der Waals surface area (Å²) in [4.78, 5) is 34.1. The average molecular weight is 406 g/mol. The summed E-state index contributed by atoms with van der Waals surface area (Å²) in [5, 5.41) is 16.7. The lowest BCUT2D eigenvalue weighted by atomic mass is 10.2. The van der Waals surface area contributed by atoms with Crippen LogP contribution in [0, 0.1) is 16.0 Å². The highest BCUT2D eigenvalue weighted by Gasteiger charge is 2.16. The van der Waals surface area contributed by atoms with Crippen LogP contribution in [0.25, 0.3) is 0 Å². The smallest absolute Gasteiger partial charge is 0.313 e. The first-order chi connectivity index (χ1) is 13.3. The van der Waals surface area contributed by atoms with Gasteiger partial charge < -0.3 is 15.4 Å². The van der Waals surface area contributed by atoms with Gasteiger partial charge in [-0.2, -0.15) is 0 Å². The van der Waals surface area contributed by atoms with Gasteiger partial charge in [-0.1, -0.05) is 25.4 Å². The predicted molar refractivity (Wildman–Crippen MR) is 105 cm³/mol. The number of nitro benzene ring substituents is 1. The van der Waals surface area contributed by atoms with Crippen LogP contribution in [0.5, 0.6) is 11.5 Å². The number of hydrogen-bond donors (Lipinski definition) is 2. The van der Waals surface area contributed by atoms with E-state index in [0.717, 1.165) is 0 Å². The molecule has 0 aromatic heterocycles. The van der Waals surface area contributed by atoms with Crippen molar-refractivity contribution < 1.29 is 19.2 Å². The zero-order valence-corrected chi connectivity index (χ0v) is 16.2. The summed E-state index contributed by atoms with van der Waals surface area (Å²) in [6.45, 7) is 4.21. The van der Waals surface area contributed by atoms with Crippen LogP contribution in [-0.2, 0) is 4.79 Å². The normalized spacial score (nSPS) is 10.4. The standard InChI is InChI=1S/C19H20ClN3O5/c1-12(2)18(24)21-9-10-22-19(25)13-3-6-15(7-4-13)28-17-8-5-14(20)11-16(17)23(26)27/h3-8,11-12H,9-10H2,1-2H3,(H,21,24)(H,22,25). The lowest BCUT2D eigenvalue weighted by molar-refractivity contribution is -0.385. The van der Waals surface area contributed by atoms with Crippen molar-refractivity contribution >= 4 is 29.1 Å². The minimum Gasteiger partial charge on any atom is -0.450 e. The number of rotatable bonds is 8. The number of carbonyl (C=O) groups excluding carboxylic acids is 2. The first-order valence-electron chi connectivity index (χ1n) is 8.55. The first kappa shape index (κ1) is 21.2. The van der Waals surface area contributed by atoms with E-state index >= 15 is 0 Å². The lowest BCUT2D eigenvalue weighted by Crippen LogP contribution is -2.36. The molecule has 148 valence electrons. The van der Waals surface area contributed by atoms with Crippen LogP contribution in [-0.4, -0.2) is 29.8 Å². The monoisotopic (exact) mass is 405 g/mol. The Kier molecular flexibility index (Phi) is 7.34. The second-order valence-corrected chi connectivity index (χ2v) is 6.63. The van der Waals surface area contributed by atoms with E-state index < -0.39 is 4.92 Å². The van der Waals surface area contributed by atoms with Crippen LogP contribution in [0.15, 0.2) is 42.5 Å². The van der Waals surface area contributed by atoms with Crippen molar-refractivity contribution in [1.82, 2.24) is 10.6 Å². The van der Waals surface area contributed by atoms with Gasteiger partial charge in [-0.3, -0.25) is 19.7 Å². The highest BCUT2D eigenvalue weighted by atomic mass is 35.5. The Balaban J connectivity index is 1.94. The van der Waals surface area contributed by atoms with Gasteiger partial charge in [0, 0.05) is 35.7 Å². The van der Waals surface area contributed by atoms with Gasteiger partial charge in [-0.25, -0.2) is 0 Å². The van der Waals surface area contributed by atoms with Crippen molar-refractivity contribution in [2.24, 2.45) is 5.92 Å². The van der Waals surface area contributed by atoms with Crippen LogP contribution in [0.1, 0.15) is 24.2 Å². The maximum atomic E-state index is 12.1. The van der Waals surface area contributed by atoms with E-state index in [0.29, 0.717) is 24.4 Å². The Morgan fingerprint density at radius 3 is 2.36 bits per heavy atom. The first-order valence-corrected chi connectivity index (χ1v) is 8.93. The van der Waals surface area contributed by atoms with Gasteiger partial charge in [0.25, 0.3) is 5.91 Å². The molecular formula is C19H20ClN3O5. The fourth-order valence-electron chi connectivity index (χ4n) is 2.19. The Labute approximate surface area is 167 Å². The van der Waals surface area contributed by atoms with Crippen molar-refractivity contribution in [3.63, 3.8) is 0 Å². The summed E-state index contributed by atoms with van der Waals surface area (Å²) < 4.78 is 5.53. The summed E-state index contributed by atoms with van der Waals surface area (Å²) in [5.74, 6) is -0.103. The van der Waals surface area contributed by atoms with Gasteiger partial charge in [0.1, 0.15) is 5.75 Å². The quantitative estimate of drug-likeness (QED) is 0.396. The minimum absolute atomic E-state index is 0.0486. The molecule has 0 spiro atoms. The van der Waals surface area contributed by atoms with Crippen LogP contribution in [0.4, 0.5) is 5.69 Å². The molecule has 2 rings (SSSR count). The van der Waals surface area contributed by atoms with Crippen LogP contribution in [0.3, 0.4) is 0 Å². The molecule has 0 fully saturated rings. The largest absolute Gasteiger partial charge is 0.450 e. The molecule has 0 aliphatic rings. The zero-order valence-electron chi connectivity index (χ0n) is 15.4. The van der Waals surface area contributed by atoms with E-state index in [9.17, 15) is 19.7 Å². The number of nitrogens with zero attached hydrogens (tertiary/aromatic N) is 1. The lowest BCUT2D eigenvalue weighted by Gasteiger charge is -2.10. The van der Waals surface area contributed by atoms with Gasteiger partial charge in [-0.05, 0) is 36.4 Å². The van der Waals surface area contributed by atoms with E-state index in [4.69, 9.17) is 16.3 Å². The third kappa shape index (κ3) is 5.95. The Morgan fingerprint density at radius 2 is 1.75 bits per heavy atom. The molecule has 0 heterocycles. The molecule has 9 heteroatoms. The fraction of sp³-hybridized carbons (Fsp3) is 0.263. The fourth-order valence-corrected chi connectivity index (χ4v) is 2.36. The van der Waals surface area contributed by atoms with Gasteiger partial charge in [0.05, 0.1) is 4.92 Å². The summed E-state index contributed by atoms with van der Waals surface area (Å²) >= 11 is 5.78. The summed E-state index contributed by atoms with van der Waals surface area (Å²) in [7, 11) is 0. The number of nitrogens with one attached hydrogen (secondary N) is 2. The van der Waals surface area contributed by atoms with E-state index in [1.54, 1.807) is 26.0 Å². The van der Waals surface area contributed by atoms with Gasteiger partial charge >= 0.3 is 5.69 Å². The van der Waals surface area contributed by atoms with Gasteiger partial charge in [0.15, 0.2) is 0 Å². The van der Waals surface area contributed by atoms with E-state index in [1.807, 2.05) is 0 Å². The number of halogens is 1. The summed E-state index contributed by atoms with van der Waals surface area (Å²) in [5.41, 5.74) is 0.144. The maximum Gasteiger partial charge on any atom is 0.313 e. The predicted octanol–water partition coefficient (Wildman–Crippen LogP) is 3.54. The molecule has 0 aliphatic heterocycles. The number of hydrogen-bond acceptors (Lipinski definition) is 5. The van der Waals surface area contributed by atoms with E-state index in [2.05, 4.69) is 10.6 Å².